The van der Waals surface area contributed by atoms with Crippen molar-refractivity contribution in [3.8, 4) is 0 Å². The van der Waals surface area contributed by atoms with Crippen LogP contribution in [0.5, 0.6) is 0 Å². The quantitative estimate of drug-likeness (QED) is 0.463. The number of amides is 1. The molecule has 0 saturated carbocycles. The first-order chi connectivity index (χ1) is 15.8. The van der Waals surface area contributed by atoms with Gasteiger partial charge in [0.25, 0.3) is 5.91 Å². The lowest BCUT2D eigenvalue weighted by molar-refractivity contribution is 0.0711. The minimum Gasteiger partial charge on any atom is -0.372 e. The molecule has 1 aromatic heterocycles. The molecule has 1 atom stereocenters. The van der Waals surface area contributed by atoms with Crippen molar-refractivity contribution in [2.75, 3.05) is 44.2 Å². The summed E-state index contributed by atoms with van der Waals surface area (Å²) >= 11 is 1.29. The number of nitrogens with one attached hydrogen (secondary N) is 1. The van der Waals surface area contributed by atoms with Gasteiger partial charge < -0.3 is 9.80 Å². The van der Waals surface area contributed by atoms with Gasteiger partial charge in [0.15, 0.2) is 0 Å². The van der Waals surface area contributed by atoms with Gasteiger partial charge in [0.2, 0.25) is 10.0 Å². The summed E-state index contributed by atoms with van der Waals surface area (Å²) in [5.41, 5.74) is 3.28. The molecule has 33 heavy (non-hydrogen) atoms. The molecule has 2 aliphatic heterocycles. The van der Waals surface area contributed by atoms with Gasteiger partial charge in [-0.1, -0.05) is 13.8 Å². The number of carbonyl (C=O) groups is 1. The molecule has 2 N–H and O–H groups in total. The molecule has 2 fully saturated rings. The maximum absolute atomic E-state index is 14.9. The fourth-order valence-corrected chi connectivity index (χ4v) is 7.80. The smallest absolute Gasteiger partial charge is 0.284 e. The normalized spacial score (nSPS) is 22.7. The van der Waals surface area contributed by atoms with Gasteiger partial charge in [-0.05, 0) is 49.3 Å². The highest BCUT2D eigenvalue weighted by atomic mass is 32.2. The van der Waals surface area contributed by atoms with E-state index in [-0.39, 0.29) is 10.8 Å². The Morgan fingerprint density at radius 3 is 2.45 bits per heavy atom. The van der Waals surface area contributed by atoms with Crippen molar-refractivity contribution in [1.82, 2.24) is 14.7 Å². The summed E-state index contributed by atoms with van der Waals surface area (Å²) in [5, 5.41) is 9.84. The Hall–Kier alpha value is -1.95. The number of thiophene rings is 1. The molecule has 0 aromatic carbocycles. The second-order valence-electron chi connectivity index (χ2n) is 8.77. The van der Waals surface area contributed by atoms with E-state index in [0.717, 1.165) is 42.9 Å². The highest BCUT2D eigenvalue weighted by Crippen LogP contribution is 2.38. The van der Waals surface area contributed by atoms with Crippen molar-refractivity contribution >= 4 is 32.3 Å². The van der Waals surface area contributed by atoms with Gasteiger partial charge in [-0.3, -0.25) is 10.0 Å². The van der Waals surface area contributed by atoms with Crippen LogP contribution in [0.1, 0.15) is 48.3 Å². The molecular formula is C22H31FN4O4S2. The van der Waals surface area contributed by atoms with Gasteiger partial charge in [-0.25, -0.2) is 18.3 Å². The highest BCUT2D eigenvalue weighted by Gasteiger charge is 2.37. The Kier molecular flexibility index (Phi) is 7.13. The molecule has 4 rings (SSSR count). The topological polar surface area (TPSA) is 93.2 Å². The lowest BCUT2D eigenvalue weighted by atomic mass is 9.98. The van der Waals surface area contributed by atoms with Crippen molar-refractivity contribution in [2.45, 2.75) is 39.5 Å². The molecule has 1 aromatic rings. The second-order valence-corrected chi connectivity index (χ2v) is 11.7. The number of hydrogen-bond donors (Lipinski definition) is 2. The number of nitrogens with zero attached hydrogens (tertiary/aromatic N) is 3. The Bertz CT molecular complexity index is 1070. The van der Waals surface area contributed by atoms with E-state index in [9.17, 15) is 17.6 Å². The minimum absolute atomic E-state index is 0.156. The van der Waals surface area contributed by atoms with Gasteiger partial charge >= 0.3 is 0 Å². The van der Waals surface area contributed by atoms with Gasteiger partial charge in [-0.15, -0.1) is 11.3 Å². The predicted octanol–water partition coefficient (Wildman–Crippen LogP) is 3.08. The summed E-state index contributed by atoms with van der Waals surface area (Å²) in [6.07, 6.45) is 4.44. The predicted molar refractivity (Wildman–Crippen MR) is 126 cm³/mol. The average Bonchev–Trinajstić information content (AvgIpc) is 3.50. The largest absolute Gasteiger partial charge is 0.372 e. The molecule has 0 radical (unpaired) electrons. The molecule has 1 unspecified atom stereocenters. The molecule has 3 heterocycles. The standard InChI is InChI=1S/C22H31FN4O4S2/c1-3-16-13-19(21(28)24-29)32-22(16)26-8-10-27(11-9-26)33(30,31)20-14-17(23)18(12-15(20)2)25-6-4-5-7-25/h13-15,29H,3-12H2,1-2H3,(H,24,28). The van der Waals surface area contributed by atoms with Crippen molar-refractivity contribution in [2.24, 2.45) is 5.92 Å². The number of allylic oxidation sites excluding steroid dienone is 4. The molecule has 1 aliphatic carbocycles. The maximum atomic E-state index is 14.9. The highest BCUT2D eigenvalue weighted by molar-refractivity contribution is 7.93. The van der Waals surface area contributed by atoms with Crippen LogP contribution in [-0.2, 0) is 16.4 Å². The van der Waals surface area contributed by atoms with Crippen molar-refractivity contribution in [3.63, 3.8) is 0 Å². The summed E-state index contributed by atoms with van der Waals surface area (Å²) in [6.45, 7) is 7.04. The number of sulfonamides is 1. The van der Waals surface area contributed by atoms with Crippen LogP contribution < -0.4 is 10.4 Å². The van der Waals surface area contributed by atoms with Gasteiger partial charge in [-0.2, -0.15) is 4.31 Å². The molecule has 11 heteroatoms. The van der Waals surface area contributed by atoms with E-state index in [4.69, 9.17) is 5.21 Å². The Labute approximate surface area is 198 Å². The van der Waals surface area contributed by atoms with E-state index < -0.39 is 21.8 Å². The SMILES string of the molecule is CCc1cc(C(=O)NO)sc1N1CCN(S(=O)(=O)C2=CC(F)=C(N3CCCC3)CC2C)CC1. The van der Waals surface area contributed by atoms with E-state index >= 15 is 0 Å². The third kappa shape index (κ3) is 4.68. The van der Waals surface area contributed by atoms with Crippen molar-refractivity contribution < 1.29 is 22.8 Å². The lowest BCUT2D eigenvalue weighted by Crippen LogP contribution is -2.49. The molecule has 182 valence electrons. The molecule has 0 bridgehead atoms. The molecule has 1 amide bonds. The van der Waals surface area contributed by atoms with Gasteiger partial charge in [0.05, 0.1) is 20.5 Å². The van der Waals surface area contributed by atoms with E-state index in [0.29, 0.717) is 43.2 Å². The fourth-order valence-electron chi connectivity index (χ4n) is 4.82. The fraction of sp³-hybridized carbons (Fsp3) is 0.591. The van der Waals surface area contributed by atoms with Crippen LogP contribution in [0.2, 0.25) is 0 Å². The zero-order valence-electron chi connectivity index (χ0n) is 19.0. The summed E-state index contributed by atoms with van der Waals surface area (Å²) in [4.78, 5) is 16.5. The van der Waals surface area contributed by atoms with Crippen molar-refractivity contribution in [3.05, 3.63) is 39.0 Å². The van der Waals surface area contributed by atoms with Crippen LogP contribution in [0.15, 0.2) is 28.6 Å². The number of aryl methyl sites for hydroxylation is 1. The van der Waals surface area contributed by atoms with Gasteiger partial charge in [0.1, 0.15) is 5.83 Å². The molecule has 2 saturated heterocycles. The number of anilines is 1. The minimum atomic E-state index is -3.77. The average molecular weight is 499 g/mol. The third-order valence-electron chi connectivity index (χ3n) is 6.67. The van der Waals surface area contributed by atoms with E-state index in [2.05, 4.69) is 4.90 Å². The van der Waals surface area contributed by atoms with Crippen LogP contribution in [-0.4, -0.2) is 68.0 Å². The second kappa shape index (κ2) is 9.73. The van der Waals surface area contributed by atoms with Crippen LogP contribution in [0.25, 0.3) is 0 Å². The lowest BCUT2D eigenvalue weighted by Gasteiger charge is -2.37. The number of rotatable bonds is 6. The first kappa shape index (κ1) is 24.2. The van der Waals surface area contributed by atoms with E-state index in [1.165, 1.54) is 21.7 Å². The monoisotopic (exact) mass is 498 g/mol. The molecular weight excluding hydrogens is 467 g/mol. The van der Waals surface area contributed by atoms with Crippen molar-refractivity contribution in [1.29, 1.82) is 0 Å². The number of halogens is 1. The van der Waals surface area contributed by atoms with Gasteiger partial charge in [0, 0.05) is 39.3 Å². The number of hydroxylamine groups is 1. The first-order valence-corrected chi connectivity index (χ1v) is 13.7. The summed E-state index contributed by atoms with van der Waals surface area (Å²) < 4.78 is 43.1. The summed E-state index contributed by atoms with van der Waals surface area (Å²) in [5.74, 6) is -1.25. The molecule has 3 aliphatic rings. The summed E-state index contributed by atoms with van der Waals surface area (Å²) in [7, 11) is -3.77. The number of hydrogen-bond acceptors (Lipinski definition) is 7. The zero-order chi connectivity index (χ0) is 23.8. The zero-order valence-corrected chi connectivity index (χ0v) is 20.6. The Morgan fingerprint density at radius 1 is 1.18 bits per heavy atom. The number of likely N-dealkylation sites (tertiary alicyclic amines) is 1. The van der Waals surface area contributed by atoms with Crippen LogP contribution in [0, 0.1) is 5.92 Å². The maximum Gasteiger partial charge on any atom is 0.284 e. The van der Waals surface area contributed by atoms with Crippen LogP contribution >= 0.6 is 11.3 Å². The van der Waals surface area contributed by atoms with E-state index in [1.54, 1.807) is 11.5 Å². The number of carbonyl (C=O) groups excluding carboxylic acids is 1. The molecule has 0 spiro atoms. The van der Waals surface area contributed by atoms with E-state index in [1.807, 2.05) is 18.7 Å². The third-order valence-corrected chi connectivity index (χ3v) is 10.1. The van der Waals surface area contributed by atoms with Crippen LogP contribution in [0.4, 0.5) is 9.39 Å². The summed E-state index contributed by atoms with van der Waals surface area (Å²) in [6, 6.07) is 1.76. The Balaban J connectivity index is 1.49. The number of piperazine rings is 1. The first-order valence-electron chi connectivity index (χ1n) is 11.4. The molecule has 8 nitrogen and oxygen atoms in total. The Morgan fingerprint density at radius 2 is 1.85 bits per heavy atom. The van der Waals surface area contributed by atoms with Crippen LogP contribution in [0.3, 0.4) is 0 Å².